The first-order valence-corrected chi connectivity index (χ1v) is 8.88. The molecule has 122 valence electrons. The molecule has 0 radical (unpaired) electrons. The number of nitrogens with zero attached hydrogens (tertiary/aromatic N) is 1. The van der Waals surface area contributed by atoms with Crippen molar-refractivity contribution in [1.29, 1.82) is 0 Å². The smallest absolute Gasteiger partial charge is 0.220 e. The molecule has 1 saturated carbocycles. The fourth-order valence-electron chi connectivity index (χ4n) is 3.69. The lowest BCUT2D eigenvalue weighted by Gasteiger charge is -2.32. The van der Waals surface area contributed by atoms with E-state index >= 15 is 0 Å². The van der Waals surface area contributed by atoms with Crippen LogP contribution in [0.15, 0.2) is 0 Å². The largest absolute Gasteiger partial charge is 0.396 e. The summed E-state index contributed by atoms with van der Waals surface area (Å²) in [4.78, 5) is 14.4. The van der Waals surface area contributed by atoms with Gasteiger partial charge in [0.15, 0.2) is 0 Å². The lowest BCUT2D eigenvalue weighted by molar-refractivity contribution is -0.122. The fourth-order valence-corrected chi connectivity index (χ4v) is 3.69. The van der Waals surface area contributed by atoms with E-state index in [1.165, 1.54) is 44.9 Å². The first-order chi connectivity index (χ1) is 10.3. The molecule has 2 aliphatic rings. The van der Waals surface area contributed by atoms with Crippen molar-refractivity contribution in [2.75, 3.05) is 32.8 Å². The van der Waals surface area contributed by atoms with E-state index in [0.717, 1.165) is 39.0 Å². The maximum atomic E-state index is 12.0. The van der Waals surface area contributed by atoms with Crippen LogP contribution in [0, 0.1) is 11.8 Å². The Balaban J connectivity index is 1.55. The predicted octanol–water partition coefficient (Wildman–Crippen LogP) is 2.17. The number of hydrogen-bond acceptors (Lipinski definition) is 3. The van der Waals surface area contributed by atoms with Crippen molar-refractivity contribution in [2.45, 2.75) is 57.8 Å². The number of nitrogens with one attached hydrogen (secondary N) is 1. The van der Waals surface area contributed by atoms with Gasteiger partial charge in [0.2, 0.25) is 5.91 Å². The highest BCUT2D eigenvalue weighted by Crippen LogP contribution is 2.26. The van der Waals surface area contributed by atoms with E-state index in [9.17, 15) is 4.79 Å². The minimum atomic E-state index is 0.268. The molecule has 0 aromatic carbocycles. The van der Waals surface area contributed by atoms with E-state index < -0.39 is 0 Å². The molecule has 0 aromatic rings. The van der Waals surface area contributed by atoms with E-state index in [1.807, 2.05) is 0 Å². The summed E-state index contributed by atoms with van der Waals surface area (Å²) in [6.07, 6.45) is 10.4. The van der Waals surface area contributed by atoms with Gasteiger partial charge in [-0.15, -0.1) is 0 Å². The van der Waals surface area contributed by atoms with Crippen LogP contribution in [0.4, 0.5) is 0 Å². The minimum Gasteiger partial charge on any atom is -0.396 e. The van der Waals surface area contributed by atoms with Crippen LogP contribution in [0.1, 0.15) is 57.8 Å². The van der Waals surface area contributed by atoms with Gasteiger partial charge in [0.25, 0.3) is 0 Å². The normalized spacial score (nSPS) is 22.3. The SMILES string of the molecule is O=C(CC1CCCCC1)NCC1CCN(CCCO)CC1. The third kappa shape index (κ3) is 6.35. The number of rotatable bonds is 7. The summed E-state index contributed by atoms with van der Waals surface area (Å²) in [7, 11) is 0. The Hall–Kier alpha value is -0.610. The van der Waals surface area contributed by atoms with E-state index in [-0.39, 0.29) is 12.5 Å². The molecule has 1 aliphatic carbocycles. The molecule has 21 heavy (non-hydrogen) atoms. The van der Waals surface area contributed by atoms with Crippen LogP contribution in [0.5, 0.6) is 0 Å². The van der Waals surface area contributed by atoms with Gasteiger partial charge in [0.05, 0.1) is 0 Å². The third-order valence-electron chi connectivity index (χ3n) is 5.13. The molecule has 1 aliphatic heterocycles. The summed E-state index contributed by atoms with van der Waals surface area (Å²) in [5, 5.41) is 12.0. The van der Waals surface area contributed by atoms with E-state index in [2.05, 4.69) is 10.2 Å². The van der Waals surface area contributed by atoms with Crippen LogP contribution in [-0.2, 0) is 4.79 Å². The van der Waals surface area contributed by atoms with Gasteiger partial charge < -0.3 is 15.3 Å². The quantitative estimate of drug-likeness (QED) is 0.757. The number of aliphatic hydroxyl groups is 1. The topological polar surface area (TPSA) is 52.6 Å². The molecular formula is C17H32N2O2. The number of hydrogen-bond donors (Lipinski definition) is 2. The van der Waals surface area contributed by atoms with Gasteiger partial charge in [-0.2, -0.15) is 0 Å². The Kier molecular flexibility index (Phi) is 7.51. The fraction of sp³-hybridized carbons (Fsp3) is 0.941. The van der Waals surface area contributed by atoms with E-state index in [0.29, 0.717) is 11.8 Å². The molecule has 4 nitrogen and oxygen atoms in total. The molecule has 1 amide bonds. The standard InChI is InChI=1S/C17H32N2O2/c20-12-4-9-19-10-7-16(8-11-19)14-18-17(21)13-15-5-2-1-3-6-15/h15-16,20H,1-14H2,(H,18,21). The number of likely N-dealkylation sites (tertiary alicyclic amines) is 1. The van der Waals surface area contributed by atoms with Gasteiger partial charge in [-0.3, -0.25) is 4.79 Å². The Morgan fingerprint density at radius 1 is 1.05 bits per heavy atom. The van der Waals surface area contributed by atoms with Gasteiger partial charge >= 0.3 is 0 Å². The Labute approximate surface area is 129 Å². The molecule has 2 rings (SSSR count). The highest BCUT2D eigenvalue weighted by Gasteiger charge is 2.21. The van der Waals surface area contributed by atoms with Gasteiger partial charge in [-0.1, -0.05) is 19.3 Å². The van der Waals surface area contributed by atoms with Gasteiger partial charge in [0, 0.05) is 26.1 Å². The first kappa shape index (κ1) is 16.8. The van der Waals surface area contributed by atoms with Gasteiger partial charge in [-0.25, -0.2) is 0 Å². The minimum absolute atomic E-state index is 0.268. The van der Waals surface area contributed by atoms with Crippen molar-refractivity contribution in [3.05, 3.63) is 0 Å². The molecule has 2 fully saturated rings. The maximum Gasteiger partial charge on any atom is 0.220 e. The van der Waals surface area contributed by atoms with Crippen molar-refractivity contribution in [2.24, 2.45) is 11.8 Å². The molecule has 1 saturated heterocycles. The zero-order valence-electron chi connectivity index (χ0n) is 13.4. The second kappa shape index (κ2) is 9.42. The monoisotopic (exact) mass is 296 g/mol. The Bertz CT molecular complexity index is 295. The Morgan fingerprint density at radius 2 is 1.76 bits per heavy atom. The average molecular weight is 296 g/mol. The maximum absolute atomic E-state index is 12.0. The van der Waals surface area contributed by atoms with Crippen LogP contribution in [0.25, 0.3) is 0 Å². The molecule has 0 bridgehead atoms. The molecule has 0 spiro atoms. The number of carbonyl (C=O) groups is 1. The summed E-state index contributed by atoms with van der Waals surface area (Å²) in [5.74, 6) is 1.55. The molecule has 0 aromatic heterocycles. The first-order valence-electron chi connectivity index (χ1n) is 8.88. The van der Waals surface area contributed by atoms with E-state index in [1.54, 1.807) is 0 Å². The molecular weight excluding hydrogens is 264 g/mol. The number of carbonyl (C=O) groups excluding carboxylic acids is 1. The second-order valence-corrected chi connectivity index (χ2v) is 6.87. The summed E-state index contributed by atoms with van der Waals surface area (Å²) < 4.78 is 0. The van der Waals surface area contributed by atoms with Crippen LogP contribution in [-0.4, -0.2) is 48.7 Å². The molecule has 1 heterocycles. The molecule has 2 N–H and O–H groups in total. The molecule has 0 atom stereocenters. The van der Waals surface area contributed by atoms with E-state index in [4.69, 9.17) is 5.11 Å². The number of aliphatic hydroxyl groups excluding tert-OH is 1. The molecule has 4 heteroatoms. The van der Waals surface area contributed by atoms with Crippen molar-refractivity contribution < 1.29 is 9.90 Å². The van der Waals surface area contributed by atoms with Gasteiger partial charge in [-0.05, 0) is 57.0 Å². The molecule has 0 unspecified atom stereocenters. The van der Waals surface area contributed by atoms with Crippen LogP contribution < -0.4 is 5.32 Å². The summed E-state index contributed by atoms with van der Waals surface area (Å²) >= 11 is 0. The van der Waals surface area contributed by atoms with Crippen LogP contribution in [0.2, 0.25) is 0 Å². The summed E-state index contributed by atoms with van der Waals surface area (Å²) in [6.45, 7) is 4.39. The van der Waals surface area contributed by atoms with Crippen LogP contribution in [0.3, 0.4) is 0 Å². The van der Waals surface area contributed by atoms with Crippen LogP contribution >= 0.6 is 0 Å². The van der Waals surface area contributed by atoms with Crippen molar-refractivity contribution in [1.82, 2.24) is 10.2 Å². The highest BCUT2D eigenvalue weighted by molar-refractivity contribution is 5.76. The zero-order chi connectivity index (χ0) is 14.9. The van der Waals surface area contributed by atoms with Gasteiger partial charge in [0.1, 0.15) is 0 Å². The zero-order valence-corrected chi connectivity index (χ0v) is 13.4. The second-order valence-electron chi connectivity index (χ2n) is 6.87. The number of piperidine rings is 1. The highest BCUT2D eigenvalue weighted by atomic mass is 16.3. The number of amides is 1. The predicted molar refractivity (Wildman–Crippen MR) is 85.1 cm³/mol. The van der Waals surface area contributed by atoms with Crippen molar-refractivity contribution in [3.63, 3.8) is 0 Å². The summed E-state index contributed by atoms with van der Waals surface area (Å²) in [6, 6.07) is 0. The van der Waals surface area contributed by atoms with Crippen molar-refractivity contribution >= 4 is 5.91 Å². The average Bonchev–Trinajstić information content (AvgIpc) is 2.53. The third-order valence-corrected chi connectivity index (χ3v) is 5.13. The summed E-state index contributed by atoms with van der Waals surface area (Å²) in [5.41, 5.74) is 0. The van der Waals surface area contributed by atoms with Crippen molar-refractivity contribution in [3.8, 4) is 0 Å². The Morgan fingerprint density at radius 3 is 2.43 bits per heavy atom. The lowest BCUT2D eigenvalue weighted by Crippen LogP contribution is -2.39. The lowest BCUT2D eigenvalue weighted by atomic mass is 9.87.